The van der Waals surface area contributed by atoms with Crippen LogP contribution in [-0.2, 0) is 0 Å². The number of nitrogens with one attached hydrogen (secondary N) is 1. The number of aryl methyl sites for hydroxylation is 2. The van der Waals surface area contributed by atoms with Crippen molar-refractivity contribution in [3.8, 4) is 0 Å². The first-order chi connectivity index (χ1) is 9.88. The smallest absolute Gasteiger partial charge is 0.337 e. The Hall–Kier alpha value is -2.89. The van der Waals surface area contributed by atoms with E-state index in [1.54, 1.807) is 19.1 Å². The molecule has 0 saturated carbocycles. The van der Waals surface area contributed by atoms with Crippen LogP contribution in [0.2, 0.25) is 0 Å². The number of anilines is 2. The molecular weight excluding hydrogens is 270 g/mol. The van der Waals surface area contributed by atoms with E-state index in [1.807, 2.05) is 6.92 Å². The number of carboxylic acids is 1. The second-order valence-corrected chi connectivity index (χ2v) is 4.65. The zero-order chi connectivity index (χ0) is 15.6. The van der Waals surface area contributed by atoms with Gasteiger partial charge in [0.15, 0.2) is 0 Å². The first-order valence-electron chi connectivity index (χ1n) is 6.27. The van der Waals surface area contributed by atoms with Crippen molar-refractivity contribution < 1.29 is 14.7 Å². The van der Waals surface area contributed by atoms with Gasteiger partial charge >= 0.3 is 5.97 Å². The van der Waals surface area contributed by atoms with Gasteiger partial charge in [-0.05, 0) is 44.2 Å². The van der Waals surface area contributed by atoms with Gasteiger partial charge in [0.05, 0.1) is 22.5 Å². The lowest BCUT2D eigenvalue weighted by Gasteiger charge is -2.10. The maximum absolute atomic E-state index is 12.2. The summed E-state index contributed by atoms with van der Waals surface area (Å²) in [5.74, 6) is -1.57. The van der Waals surface area contributed by atoms with Crippen molar-refractivity contribution in [1.29, 1.82) is 0 Å². The topological polar surface area (TPSA) is 105 Å². The lowest BCUT2D eigenvalue weighted by atomic mass is 10.1. The Morgan fingerprint density at radius 3 is 2.48 bits per heavy atom. The Kier molecular flexibility index (Phi) is 3.89. The summed E-state index contributed by atoms with van der Waals surface area (Å²) in [6.45, 7) is 3.56. The van der Waals surface area contributed by atoms with E-state index in [9.17, 15) is 9.59 Å². The van der Waals surface area contributed by atoms with Gasteiger partial charge in [-0.1, -0.05) is 0 Å². The van der Waals surface area contributed by atoms with Crippen molar-refractivity contribution in [3.63, 3.8) is 0 Å². The summed E-state index contributed by atoms with van der Waals surface area (Å²) in [6.07, 6.45) is 0. The minimum Gasteiger partial charge on any atom is -0.478 e. The van der Waals surface area contributed by atoms with Gasteiger partial charge in [0.25, 0.3) is 5.91 Å². The molecule has 1 aromatic carbocycles. The lowest BCUT2D eigenvalue weighted by molar-refractivity contribution is 0.0698. The molecule has 21 heavy (non-hydrogen) atoms. The molecule has 108 valence electrons. The van der Waals surface area contributed by atoms with Crippen molar-refractivity contribution in [2.75, 3.05) is 11.1 Å². The first-order valence-corrected chi connectivity index (χ1v) is 6.27. The molecule has 0 aliphatic rings. The predicted octanol–water partition coefficient (Wildman–Crippen LogP) is 2.23. The number of hydrogen-bond acceptors (Lipinski definition) is 4. The molecule has 0 atom stereocenters. The zero-order valence-corrected chi connectivity index (χ0v) is 11.7. The third kappa shape index (κ3) is 3.17. The number of carbonyl (C=O) groups excluding carboxylic acids is 1. The minimum absolute atomic E-state index is 0.0546. The predicted molar refractivity (Wildman–Crippen MR) is 79.5 cm³/mol. The Morgan fingerprint density at radius 2 is 1.86 bits per heavy atom. The zero-order valence-electron chi connectivity index (χ0n) is 11.7. The fourth-order valence-corrected chi connectivity index (χ4v) is 1.96. The highest BCUT2D eigenvalue weighted by atomic mass is 16.4. The Balaban J connectivity index is 2.34. The molecule has 0 bridgehead atoms. The molecule has 0 fully saturated rings. The molecule has 0 radical (unpaired) electrons. The highest BCUT2D eigenvalue weighted by molar-refractivity contribution is 6.08. The van der Waals surface area contributed by atoms with Crippen LogP contribution in [0.25, 0.3) is 0 Å². The maximum Gasteiger partial charge on any atom is 0.337 e. The summed E-state index contributed by atoms with van der Waals surface area (Å²) in [5.41, 5.74) is 7.81. The van der Waals surface area contributed by atoms with E-state index in [2.05, 4.69) is 10.3 Å². The van der Waals surface area contributed by atoms with E-state index < -0.39 is 11.9 Å². The molecular formula is C15H15N3O3. The van der Waals surface area contributed by atoms with Crippen LogP contribution in [0.4, 0.5) is 11.4 Å². The highest BCUT2D eigenvalue weighted by Gasteiger charge is 2.15. The van der Waals surface area contributed by atoms with E-state index in [1.165, 1.54) is 18.2 Å². The van der Waals surface area contributed by atoms with Crippen LogP contribution in [0.3, 0.4) is 0 Å². The average Bonchev–Trinajstić information content (AvgIpc) is 2.40. The Morgan fingerprint density at radius 1 is 1.14 bits per heavy atom. The summed E-state index contributed by atoms with van der Waals surface area (Å²) in [6, 6.07) is 7.68. The SMILES string of the molecule is Cc1ccc(C(=O)Nc2ccc(N)cc2C(=O)O)c(C)n1. The molecule has 6 nitrogen and oxygen atoms in total. The highest BCUT2D eigenvalue weighted by Crippen LogP contribution is 2.20. The summed E-state index contributed by atoms with van der Waals surface area (Å²) >= 11 is 0. The van der Waals surface area contributed by atoms with Gasteiger partial charge in [-0.3, -0.25) is 9.78 Å². The second-order valence-electron chi connectivity index (χ2n) is 4.65. The van der Waals surface area contributed by atoms with E-state index in [0.717, 1.165) is 5.69 Å². The van der Waals surface area contributed by atoms with Crippen molar-refractivity contribution in [1.82, 2.24) is 4.98 Å². The van der Waals surface area contributed by atoms with Gasteiger partial charge in [-0.2, -0.15) is 0 Å². The van der Waals surface area contributed by atoms with E-state index in [0.29, 0.717) is 16.9 Å². The van der Waals surface area contributed by atoms with Crippen LogP contribution in [0.1, 0.15) is 32.1 Å². The number of nitrogen functional groups attached to an aromatic ring is 1. The van der Waals surface area contributed by atoms with Crippen LogP contribution in [0.15, 0.2) is 30.3 Å². The number of carbonyl (C=O) groups is 2. The Bertz CT molecular complexity index is 726. The molecule has 0 aliphatic heterocycles. The van der Waals surface area contributed by atoms with Crippen LogP contribution in [-0.4, -0.2) is 22.0 Å². The molecule has 0 spiro atoms. The summed E-state index contributed by atoms with van der Waals surface area (Å²) in [5, 5.41) is 11.7. The molecule has 1 amide bonds. The van der Waals surface area contributed by atoms with Gasteiger partial charge in [-0.15, -0.1) is 0 Å². The number of benzene rings is 1. The largest absolute Gasteiger partial charge is 0.478 e. The van der Waals surface area contributed by atoms with Crippen LogP contribution in [0.5, 0.6) is 0 Å². The van der Waals surface area contributed by atoms with Crippen molar-refractivity contribution >= 4 is 23.3 Å². The molecule has 1 aromatic heterocycles. The van der Waals surface area contributed by atoms with Crippen LogP contribution in [0, 0.1) is 13.8 Å². The summed E-state index contributed by atoms with van der Waals surface area (Å²) in [4.78, 5) is 27.6. The normalized spacial score (nSPS) is 10.2. The number of amides is 1. The second kappa shape index (κ2) is 5.62. The standard InChI is InChI=1S/C15H15N3O3/c1-8-3-5-11(9(2)17-8)14(19)18-13-6-4-10(16)7-12(13)15(20)21/h3-7H,16H2,1-2H3,(H,18,19)(H,20,21). The molecule has 2 aromatic rings. The number of aromatic nitrogens is 1. The third-order valence-electron chi connectivity index (χ3n) is 2.99. The number of rotatable bonds is 3. The summed E-state index contributed by atoms with van der Waals surface area (Å²) < 4.78 is 0. The van der Waals surface area contributed by atoms with E-state index in [-0.39, 0.29) is 11.3 Å². The van der Waals surface area contributed by atoms with Gasteiger partial charge in [0.2, 0.25) is 0 Å². The van der Waals surface area contributed by atoms with Gasteiger partial charge in [0.1, 0.15) is 0 Å². The molecule has 6 heteroatoms. The molecule has 2 rings (SSSR count). The molecule has 4 N–H and O–H groups in total. The average molecular weight is 285 g/mol. The van der Waals surface area contributed by atoms with Crippen molar-refractivity contribution in [2.45, 2.75) is 13.8 Å². The minimum atomic E-state index is -1.16. The lowest BCUT2D eigenvalue weighted by Crippen LogP contribution is -2.16. The Labute approximate surface area is 121 Å². The number of aromatic carboxylic acids is 1. The van der Waals surface area contributed by atoms with E-state index >= 15 is 0 Å². The van der Waals surface area contributed by atoms with Crippen molar-refractivity contribution in [3.05, 3.63) is 52.8 Å². The third-order valence-corrected chi connectivity index (χ3v) is 2.99. The molecule has 0 saturated heterocycles. The first kappa shape index (κ1) is 14.5. The fraction of sp³-hybridized carbons (Fsp3) is 0.133. The number of pyridine rings is 1. The number of hydrogen-bond donors (Lipinski definition) is 3. The van der Waals surface area contributed by atoms with Crippen LogP contribution < -0.4 is 11.1 Å². The molecule has 0 unspecified atom stereocenters. The number of carboxylic acid groups (broad SMARTS) is 1. The van der Waals surface area contributed by atoms with Gasteiger partial charge in [0, 0.05) is 11.4 Å². The monoisotopic (exact) mass is 285 g/mol. The van der Waals surface area contributed by atoms with Crippen molar-refractivity contribution in [2.24, 2.45) is 0 Å². The quantitative estimate of drug-likeness (QED) is 0.750. The van der Waals surface area contributed by atoms with Gasteiger partial charge in [-0.25, -0.2) is 4.79 Å². The summed E-state index contributed by atoms with van der Waals surface area (Å²) in [7, 11) is 0. The maximum atomic E-state index is 12.2. The molecule has 0 aliphatic carbocycles. The number of nitrogens with two attached hydrogens (primary N) is 1. The molecule has 1 heterocycles. The fourth-order valence-electron chi connectivity index (χ4n) is 1.96. The van der Waals surface area contributed by atoms with Crippen LogP contribution >= 0.6 is 0 Å². The van der Waals surface area contributed by atoms with Gasteiger partial charge < -0.3 is 16.2 Å². The number of nitrogens with zero attached hydrogens (tertiary/aromatic N) is 1. The van der Waals surface area contributed by atoms with E-state index in [4.69, 9.17) is 10.8 Å².